The largest absolute Gasteiger partial charge is 0.333 e. The summed E-state index contributed by atoms with van der Waals surface area (Å²) in [6.45, 7) is 5.29. The molecular weight excluding hydrogens is 302 g/mol. The third kappa shape index (κ3) is 3.07. The lowest BCUT2D eigenvalue weighted by Crippen LogP contribution is -2.22. The molecular formula is C15H20BrN3. The molecule has 0 aliphatic carbocycles. The van der Waals surface area contributed by atoms with E-state index in [1.807, 2.05) is 19.4 Å². The van der Waals surface area contributed by atoms with Gasteiger partial charge in [0.05, 0.1) is 6.04 Å². The van der Waals surface area contributed by atoms with Crippen LogP contribution in [0.25, 0.3) is 0 Å². The Morgan fingerprint density at radius 1 is 1.42 bits per heavy atom. The summed E-state index contributed by atoms with van der Waals surface area (Å²) in [6, 6.07) is 6.52. The van der Waals surface area contributed by atoms with Crippen molar-refractivity contribution in [2.45, 2.75) is 32.9 Å². The van der Waals surface area contributed by atoms with Crippen molar-refractivity contribution < 1.29 is 0 Å². The fraction of sp³-hybridized carbons (Fsp3) is 0.400. The van der Waals surface area contributed by atoms with Crippen LogP contribution in [0.2, 0.25) is 0 Å². The Hall–Kier alpha value is -1.13. The average Bonchev–Trinajstić information content (AvgIpc) is 2.83. The lowest BCUT2D eigenvalue weighted by Gasteiger charge is -2.19. The molecule has 2 rings (SSSR count). The number of halogens is 1. The van der Waals surface area contributed by atoms with E-state index in [0.29, 0.717) is 0 Å². The number of rotatable bonds is 5. The second kappa shape index (κ2) is 6.35. The Balaban J connectivity index is 2.44. The van der Waals surface area contributed by atoms with E-state index in [-0.39, 0.29) is 6.04 Å². The van der Waals surface area contributed by atoms with Crippen molar-refractivity contribution in [1.82, 2.24) is 14.9 Å². The van der Waals surface area contributed by atoms with E-state index < -0.39 is 0 Å². The molecule has 0 spiro atoms. The molecule has 0 radical (unpaired) electrons. The predicted molar refractivity (Wildman–Crippen MR) is 82.3 cm³/mol. The first-order valence-corrected chi connectivity index (χ1v) is 7.41. The monoisotopic (exact) mass is 321 g/mol. The molecule has 0 amide bonds. The zero-order chi connectivity index (χ0) is 13.8. The lowest BCUT2D eigenvalue weighted by molar-refractivity contribution is 0.566. The SMILES string of the molecule is CCCn1ccnc1C(NC)c1cc(C)ccc1Br. The molecule has 1 unspecified atom stereocenters. The van der Waals surface area contributed by atoms with Crippen LogP contribution < -0.4 is 5.32 Å². The van der Waals surface area contributed by atoms with Crippen LogP contribution >= 0.6 is 15.9 Å². The molecule has 1 heterocycles. The van der Waals surface area contributed by atoms with Crippen LogP contribution in [-0.4, -0.2) is 16.6 Å². The summed E-state index contributed by atoms with van der Waals surface area (Å²) in [4.78, 5) is 4.53. The molecule has 0 aliphatic rings. The molecule has 1 atom stereocenters. The molecule has 102 valence electrons. The maximum atomic E-state index is 4.53. The smallest absolute Gasteiger partial charge is 0.130 e. The van der Waals surface area contributed by atoms with Crippen LogP contribution in [-0.2, 0) is 6.54 Å². The standard InChI is InChI=1S/C15H20BrN3/c1-4-8-19-9-7-18-15(19)14(17-3)12-10-11(2)5-6-13(12)16/h5-7,9-10,14,17H,4,8H2,1-3H3. The normalized spacial score (nSPS) is 12.6. The molecule has 1 aromatic heterocycles. The van der Waals surface area contributed by atoms with Crippen molar-refractivity contribution in [2.75, 3.05) is 7.05 Å². The van der Waals surface area contributed by atoms with Gasteiger partial charge in [-0.25, -0.2) is 4.98 Å². The maximum Gasteiger partial charge on any atom is 0.130 e. The van der Waals surface area contributed by atoms with Gasteiger partial charge in [-0.2, -0.15) is 0 Å². The van der Waals surface area contributed by atoms with Crippen molar-refractivity contribution in [2.24, 2.45) is 0 Å². The molecule has 1 N–H and O–H groups in total. The highest BCUT2D eigenvalue weighted by molar-refractivity contribution is 9.10. The Morgan fingerprint density at radius 2 is 2.21 bits per heavy atom. The number of hydrogen-bond acceptors (Lipinski definition) is 2. The van der Waals surface area contributed by atoms with Gasteiger partial charge in [0.25, 0.3) is 0 Å². The van der Waals surface area contributed by atoms with Crippen molar-refractivity contribution in [3.05, 3.63) is 52.0 Å². The number of hydrogen-bond donors (Lipinski definition) is 1. The van der Waals surface area contributed by atoms with Gasteiger partial charge in [0.15, 0.2) is 0 Å². The predicted octanol–water partition coefficient (Wildman–Crippen LogP) is 3.67. The first kappa shape index (κ1) is 14.3. The third-order valence-corrected chi connectivity index (χ3v) is 3.94. The lowest BCUT2D eigenvalue weighted by atomic mass is 10.0. The third-order valence-electron chi connectivity index (χ3n) is 3.22. The topological polar surface area (TPSA) is 29.9 Å². The van der Waals surface area contributed by atoms with Gasteiger partial charge >= 0.3 is 0 Å². The first-order chi connectivity index (χ1) is 9.17. The molecule has 0 saturated heterocycles. The van der Waals surface area contributed by atoms with Crippen LogP contribution in [0.15, 0.2) is 35.1 Å². The van der Waals surface area contributed by atoms with Gasteiger partial charge in [-0.05, 0) is 32.0 Å². The first-order valence-electron chi connectivity index (χ1n) is 6.61. The molecule has 19 heavy (non-hydrogen) atoms. The number of aromatic nitrogens is 2. The molecule has 2 aromatic rings. The summed E-state index contributed by atoms with van der Waals surface area (Å²) in [7, 11) is 1.98. The maximum absolute atomic E-state index is 4.53. The van der Waals surface area contributed by atoms with Crippen LogP contribution in [0, 0.1) is 6.92 Å². The minimum absolute atomic E-state index is 0.107. The quantitative estimate of drug-likeness (QED) is 0.910. The number of aryl methyl sites for hydroxylation is 2. The van der Waals surface area contributed by atoms with Crippen molar-refractivity contribution in [1.29, 1.82) is 0 Å². The highest BCUT2D eigenvalue weighted by Crippen LogP contribution is 2.28. The summed E-state index contributed by atoms with van der Waals surface area (Å²) < 4.78 is 3.33. The summed E-state index contributed by atoms with van der Waals surface area (Å²) in [5, 5.41) is 3.37. The van der Waals surface area contributed by atoms with E-state index in [9.17, 15) is 0 Å². The highest BCUT2D eigenvalue weighted by Gasteiger charge is 2.19. The summed E-state index contributed by atoms with van der Waals surface area (Å²) >= 11 is 3.64. The Morgan fingerprint density at radius 3 is 2.89 bits per heavy atom. The second-order valence-electron chi connectivity index (χ2n) is 4.73. The fourth-order valence-corrected chi connectivity index (χ4v) is 2.79. The van der Waals surface area contributed by atoms with Gasteiger partial charge in [0, 0.05) is 23.4 Å². The van der Waals surface area contributed by atoms with Gasteiger partial charge < -0.3 is 9.88 Å². The van der Waals surface area contributed by atoms with Crippen molar-refractivity contribution in [3.8, 4) is 0 Å². The van der Waals surface area contributed by atoms with Gasteiger partial charge in [-0.15, -0.1) is 0 Å². The van der Waals surface area contributed by atoms with E-state index in [1.165, 1.54) is 11.1 Å². The average molecular weight is 322 g/mol. The Bertz CT molecular complexity index is 548. The van der Waals surface area contributed by atoms with Crippen LogP contribution in [0.1, 0.15) is 36.3 Å². The number of nitrogens with one attached hydrogen (secondary N) is 1. The van der Waals surface area contributed by atoms with Gasteiger partial charge in [0.2, 0.25) is 0 Å². The van der Waals surface area contributed by atoms with Crippen molar-refractivity contribution in [3.63, 3.8) is 0 Å². The summed E-state index contributed by atoms with van der Waals surface area (Å²) in [5.74, 6) is 1.07. The van der Waals surface area contributed by atoms with E-state index >= 15 is 0 Å². The second-order valence-corrected chi connectivity index (χ2v) is 5.58. The van der Waals surface area contributed by atoms with Gasteiger partial charge in [0.1, 0.15) is 5.82 Å². The molecule has 0 fully saturated rings. The number of imidazole rings is 1. The molecule has 1 aromatic carbocycles. The molecule has 0 bridgehead atoms. The molecule has 0 aliphatic heterocycles. The Kier molecular flexibility index (Phi) is 4.77. The summed E-state index contributed by atoms with van der Waals surface area (Å²) in [5.41, 5.74) is 2.48. The van der Waals surface area contributed by atoms with E-state index in [2.05, 4.69) is 62.8 Å². The van der Waals surface area contributed by atoms with E-state index in [0.717, 1.165) is 23.3 Å². The molecule has 4 heteroatoms. The fourth-order valence-electron chi connectivity index (χ4n) is 2.32. The highest BCUT2D eigenvalue weighted by atomic mass is 79.9. The van der Waals surface area contributed by atoms with Crippen LogP contribution in [0.5, 0.6) is 0 Å². The zero-order valence-electron chi connectivity index (χ0n) is 11.7. The number of benzene rings is 1. The van der Waals surface area contributed by atoms with E-state index in [4.69, 9.17) is 0 Å². The van der Waals surface area contributed by atoms with E-state index in [1.54, 1.807) is 0 Å². The van der Waals surface area contributed by atoms with Crippen LogP contribution in [0.4, 0.5) is 0 Å². The molecule has 0 saturated carbocycles. The molecule has 3 nitrogen and oxygen atoms in total. The zero-order valence-corrected chi connectivity index (χ0v) is 13.2. The van der Waals surface area contributed by atoms with Gasteiger partial charge in [-0.1, -0.05) is 40.5 Å². The minimum atomic E-state index is 0.107. The van der Waals surface area contributed by atoms with Crippen LogP contribution in [0.3, 0.4) is 0 Å². The number of nitrogens with zero attached hydrogens (tertiary/aromatic N) is 2. The summed E-state index contributed by atoms with van der Waals surface area (Å²) in [6.07, 6.45) is 5.03. The Labute approximate surface area is 123 Å². The van der Waals surface area contributed by atoms with Gasteiger partial charge in [-0.3, -0.25) is 0 Å². The minimum Gasteiger partial charge on any atom is -0.333 e. The van der Waals surface area contributed by atoms with Crippen molar-refractivity contribution >= 4 is 15.9 Å².